The molecule has 2 N–H and O–H groups in total. The first kappa shape index (κ1) is 18.3. The van der Waals surface area contributed by atoms with Gasteiger partial charge in [-0.3, -0.25) is 9.79 Å². The number of aliphatic imine (C=N–C) groups is 2. The molecule has 0 saturated heterocycles. The Kier molecular flexibility index (Phi) is 6.36. The van der Waals surface area contributed by atoms with Crippen molar-refractivity contribution in [3.63, 3.8) is 0 Å². The van der Waals surface area contributed by atoms with Crippen molar-refractivity contribution >= 4 is 17.5 Å². The summed E-state index contributed by atoms with van der Waals surface area (Å²) in [5.74, 6) is 0.824. The van der Waals surface area contributed by atoms with Crippen molar-refractivity contribution in [2.75, 3.05) is 7.05 Å². The van der Waals surface area contributed by atoms with E-state index < -0.39 is 0 Å². The van der Waals surface area contributed by atoms with E-state index in [-0.39, 0.29) is 12.4 Å². The summed E-state index contributed by atoms with van der Waals surface area (Å²) >= 11 is 0. The topological polar surface area (TPSA) is 100 Å². The fraction of sp³-hybridized carbons (Fsp3) is 0.222. The Labute approximate surface area is 145 Å². The third-order valence-electron chi connectivity index (χ3n) is 3.42. The number of aliphatic hydroxyl groups excluding tert-OH is 1. The standard InChI is InChI=1S/C18H20N4O3/c1-4-16(17-9-15(11-23)22-25-17)21-18(19-3)20-10-13-5-7-14(8-6-13)12(2)24/h4-9,23H,1,10-11H2,2-3H3,(H,19,20). The van der Waals surface area contributed by atoms with Crippen molar-refractivity contribution < 1.29 is 14.4 Å². The highest BCUT2D eigenvalue weighted by Gasteiger charge is 2.09. The van der Waals surface area contributed by atoms with Crippen molar-refractivity contribution in [1.82, 2.24) is 10.5 Å². The number of allylic oxidation sites excluding steroid dienone is 1. The number of carbonyl (C=O) groups excluding carboxylic acids is 1. The summed E-state index contributed by atoms with van der Waals surface area (Å²) in [6.07, 6.45) is 1.52. The minimum atomic E-state index is -0.211. The zero-order chi connectivity index (χ0) is 18.2. The fourth-order valence-corrected chi connectivity index (χ4v) is 2.03. The van der Waals surface area contributed by atoms with E-state index in [2.05, 4.69) is 27.0 Å². The van der Waals surface area contributed by atoms with Gasteiger partial charge in [-0.15, -0.1) is 0 Å². The second-order valence-electron chi connectivity index (χ2n) is 5.20. The molecule has 130 valence electrons. The monoisotopic (exact) mass is 340 g/mol. The highest BCUT2D eigenvalue weighted by atomic mass is 16.5. The van der Waals surface area contributed by atoms with E-state index in [9.17, 15) is 4.79 Å². The Bertz CT molecular complexity index is 804. The molecule has 0 spiro atoms. The summed E-state index contributed by atoms with van der Waals surface area (Å²) in [4.78, 5) is 19.7. The third kappa shape index (κ3) is 4.95. The maximum absolute atomic E-state index is 11.3. The fourth-order valence-electron chi connectivity index (χ4n) is 2.03. The number of ketones is 1. The van der Waals surface area contributed by atoms with E-state index in [0.717, 1.165) is 5.56 Å². The molecule has 2 rings (SSSR count). The van der Waals surface area contributed by atoms with Gasteiger partial charge in [-0.1, -0.05) is 36.0 Å². The summed E-state index contributed by atoms with van der Waals surface area (Å²) in [6, 6.07) is 8.91. The van der Waals surface area contributed by atoms with Crippen LogP contribution in [-0.2, 0) is 13.2 Å². The van der Waals surface area contributed by atoms with E-state index in [1.54, 1.807) is 25.2 Å². The zero-order valence-electron chi connectivity index (χ0n) is 14.2. The quantitative estimate of drug-likeness (QED) is 0.477. The predicted molar refractivity (Wildman–Crippen MR) is 95.8 cm³/mol. The van der Waals surface area contributed by atoms with Crippen LogP contribution in [-0.4, -0.2) is 34.8 Å². The first-order valence-corrected chi connectivity index (χ1v) is 7.65. The molecule has 7 heteroatoms. The lowest BCUT2D eigenvalue weighted by Gasteiger charge is -2.07. The number of carbonyl (C=O) groups is 1. The summed E-state index contributed by atoms with van der Waals surface area (Å²) in [6.45, 7) is 5.53. The molecule has 0 saturated carbocycles. The molecule has 0 unspecified atom stereocenters. The van der Waals surface area contributed by atoms with Crippen LogP contribution in [0, 0.1) is 0 Å². The first-order valence-electron chi connectivity index (χ1n) is 7.65. The number of guanidine groups is 1. The Balaban J connectivity index is 2.08. The van der Waals surface area contributed by atoms with Crippen molar-refractivity contribution in [1.29, 1.82) is 0 Å². The van der Waals surface area contributed by atoms with E-state index in [0.29, 0.717) is 35.2 Å². The van der Waals surface area contributed by atoms with E-state index in [4.69, 9.17) is 9.63 Å². The van der Waals surface area contributed by atoms with Crippen LogP contribution in [0.3, 0.4) is 0 Å². The summed E-state index contributed by atoms with van der Waals surface area (Å²) in [5.41, 5.74) is 2.53. The molecular formula is C18H20N4O3. The predicted octanol–water partition coefficient (Wildman–Crippen LogP) is 2.12. The third-order valence-corrected chi connectivity index (χ3v) is 3.42. The van der Waals surface area contributed by atoms with Crippen LogP contribution in [0.25, 0.3) is 0 Å². The molecule has 0 aliphatic carbocycles. The molecular weight excluding hydrogens is 320 g/mol. The number of nitrogens with zero attached hydrogens (tertiary/aromatic N) is 3. The average Bonchev–Trinajstić information content (AvgIpc) is 3.11. The van der Waals surface area contributed by atoms with Crippen LogP contribution in [0.2, 0.25) is 0 Å². The van der Waals surface area contributed by atoms with Gasteiger partial charge in [0.15, 0.2) is 11.5 Å². The Morgan fingerprint density at radius 1 is 1.40 bits per heavy atom. The van der Waals surface area contributed by atoms with Crippen LogP contribution in [0.4, 0.5) is 0 Å². The van der Waals surface area contributed by atoms with Gasteiger partial charge in [-0.05, 0) is 18.6 Å². The minimum Gasteiger partial charge on any atom is -0.390 e. The maximum Gasteiger partial charge on any atom is 0.218 e. The first-order chi connectivity index (χ1) is 12.1. The molecule has 1 aromatic carbocycles. The van der Waals surface area contributed by atoms with Crippen LogP contribution in [0.5, 0.6) is 0 Å². The summed E-state index contributed by atoms with van der Waals surface area (Å²) < 4.78 is 5.13. The number of hydrogen-bond acceptors (Lipinski definition) is 5. The van der Waals surface area contributed by atoms with Gasteiger partial charge in [0.25, 0.3) is 0 Å². The van der Waals surface area contributed by atoms with E-state index in [1.807, 2.05) is 12.1 Å². The van der Waals surface area contributed by atoms with Gasteiger partial charge >= 0.3 is 0 Å². The van der Waals surface area contributed by atoms with E-state index in [1.165, 1.54) is 13.0 Å². The molecule has 2 aromatic rings. The van der Waals surface area contributed by atoms with Gasteiger partial charge in [0.1, 0.15) is 11.4 Å². The highest BCUT2D eigenvalue weighted by molar-refractivity contribution is 6.11. The second-order valence-corrected chi connectivity index (χ2v) is 5.20. The van der Waals surface area contributed by atoms with Gasteiger partial charge < -0.3 is 14.9 Å². The van der Waals surface area contributed by atoms with Crippen molar-refractivity contribution in [2.24, 2.45) is 9.98 Å². The lowest BCUT2D eigenvalue weighted by Crippen LogP contribution is -2.22. The average molecular weight is 340 g/mol. The zero-order valence-corrected chi connectivity index (χ0v) is 14.2. The number of nitrogens with one attached hydrogen (secondary N) is 1. The van der Waals surface area contributed by atoms with Crippen LogP contribution in [0.1, 0.15) is 34.3 Å². The smallest absolute Gasteiger partial charge is 0.218 e. The minimum absolute atomic E-state index is 0.0323. The Hall–Kier alpha value is -3.06. The molecule has 7 nitrogen and oxygen atoms in total. The van der Waals surface area contributed by atoms with Crippen LogP contribution in [0.15, 0.2) is 57.5 Å². The van der Waals surface area contributed by atoms with Gasteiger partial charge in [0.2, 0.25) is 5.96 Å². The molecule has 0 bridgehead atoms. The molecule has 1 aromatic heterocycles. The number of Topliss-reactive ketones (excluding diaryl/α,β-unsaturated/α-hetero) is 1. The van der Waals surface area contributed by atoms with Crippen LogP contribution >= 0.6 is 0 Å². The number of rotatable bonds is 6. The molecule has 0 fully saturated rings. The molecule has 0 radical (unpaired) electrons. The summed E-state index contributed by atoms with van der Waals surface area (Å²) in [5, 5.41) is 15.9. The van der Waals surface area contributed by atoms with Gasteiger partial charge in [0.05, 0.1) is 6.61 Å². The number of aliphatic hydroxyl groups is 1. The molecule has 0 aliphatic heterocycles. The lowest BCUT2D eigenvalue weighted by molar-refractivity contribution is 0.101. The van der Waals surface area contributed by atoms with Crippen molar-refractivity contribution in [3.8, 4) is 0 Å². The number of benzene rings is 1. The maximum atomic E-state index is 11.3. The van der Waals surface area contributed by atoms with E-state index >= 15 is 0 Å². The van der Waals surface area contributed by atoms with Gasteiger partial charge in [-0.2, -0.15) is 0 Å². The highest BCUT2D eigenvalue weighted by Crippen LogP contribution is 2.07. The molecule has 0 atom stereocenters. The largest absolute Gasteiger partial charge is 0.390 e. The van der Waals surface area contributed by atoms with Crippen molar-refractivity contribution in [2.45, 2.75) is 20.1 Å². The molecule has 0 amide bonds. The second kappa shape index (κ2) is 8.70. The summed E-state index contributed by atoms with van der Waals surface area (Å²) in [7, 11) is 1.62. The SMILES string of the molecule is C=CC(=NC(=NC)NCc1ccc(C(C)=O)cc1)c1cc(CO)no1. The number of hydrogen-bond donors (Lipinski definition) is 2. The van der Waals surface area contributed by atoms with Gasteiger partial charge in [-0.25, -0.2) is 4.99 Å². The molecule has 25 heavy (non-hydrogen) atoms. The Morgan fingerprint density at radius 3 is 2.64 bits per heavy atom. The van der Waals surface area contributed by atoms with Gasteiger partial charge in [0, 0.05) is 25.2 Å². The molecule has 0 aliphatic rings. The number of aromatic nitrogens is 1. The molecule has 1 heterocycles. The van der Waals surface area contributed by atoms with Crippen LogP contribution < -0.4 is 5.32 Å². The Morgan fingerprint density at radius 2 is 2.12 bits per heavy atom. The lowest BCUT2D eigenvalue weighted by atomic mass is 10.1. The normalized spacial score (nSPS) is 12.1. The van der Waals surface area contributed by atoms with Crippen molar-refractivity contribution in [3.05, 3.63) is 65.6 Å².